The molecule has 2 heterocycles. The number of rotatable bonds is 6. The fourth-order valence-electron chi connectivity index (χ4n) is 1.87. The summed E-state index contributed by atoms with van der Waals surface area (Å²) in [6.07, 6.45) is 3.57. The Bertz CT molecular complexity index is 550. The molecule has 5 nitrogen and oxygen atoms in total. The molecule has 0 bridgehead atoms. The minimum atomic E-state index is 0.348. The van der Waals surface area contributed by atoms with Crippen molar-refractivity contribution < 1.29 is 4.74 Å². The number of ether oxygens (including phenoxy) is 1. The van der Waals surface area contributed by atoms with Gasteiger partial charge in [-0.1, -0.05) is 11.6 Å². The summed E-state index contributed by atoms with van der Waals surface area (Å²) in [6.45, 7) is 3.99. The molecule has 0 saturated carbocycles. The molecule has 0 fully saturated rings. The molecule has 2 rings (SSSR count). The van der Waals surface area contributed by atoms with Crippen molar-refractivity contribution in [3.8, 4) is 0 Å². The molecule has 0 radical (unpaired) electrons. The van der Waals surface area contributed by atoms with E-state index in [1.54, 1.807) is 25.6 Å². The summed E-state index contributed by atoms with van der Waals surface area (Å²) in [4.78, 5) is 14.8. The second-order valence-electron chi connectivity index (χ2n) is 4.27. The number of hydrogen-bond acceptors (Lipinski definition) is 5. The quantitative estimate of drug-likeness (QED) is 0.766. The maximum atomic E-state index is 6.05. The molecule has 6 heteroatoms. The summed E-state index contributed by atoms with van der Waals surface area (Å²) >= 11 is 6.05. The molecule has 0 saturated heterocycles. The van der Waals surface area contributed by atoms with E-state index >= 15 is 0 Å². The molecule has 2 aromatic rings. The number of aromatic nitrogens is 3. The highest BCUT2D eigenvalue weighted by atomic mass is 35.5. The summed E-state index contributed by atoms with van der Waals surface area (Å²) in [5.41, 5.74) is 1.17. The van der Waals surface area contributed by atoms with Crippen LogP contribution in [0, 0.1) is 0 Å². The third kappa shape index (κ3) is 3.88. The van der Waals surface area contributed by atoms with Crippen LogP contribution in [0.2, 0.25) is 5.15 Å². The smallest absolute Gasteiger partial charge is 0.158 e. The third-order valence-electron chi connectivity index (χ3n) is 2.83. The van der Waals surface area contributed by atoms with Gasteiger partial charge >= 0.3 is 0 Å². The Hall–Kier alpha value is -1.72. The standard InChI is InChI=1S/C14H17ClN4O/c1-3-19(9-11-4-6-16-7-5-11)14-8-12(15)17-13(18-14)10-20-2/h4-8H,3,9-10H2,1-2H3. The van der Waals surface area contributed by atoms with Gasteiger partial charge in [0.15, 0.2) is 5.82 Å². The first-order chi connectivity index (χ1) is 9.72. The second kappa shape index (κ2) is 7.17. The van der Waals surface area contributed by atoms with Crippen LogP contribution in [0.5, 0.6) is 0 Å². The van der Waals surface area contributed by atoms with E-state index < -0.39 is 0 Å². The number of nitrogens with zero attached hydrogens (tertiary/aromatic N) is 4. The van der Waals surface area contributed by atoms with Crippen LogP contribution >= 0.6 is 11.6 Å². The van der Waals surface area contributed by atoms with Crippen molar-refractivity contribution in [1.82, 2.24) is 15.0 Å². The van der Waals surface area contributed by atoms with Crippen molar-refractivity contribution in [2.24, 2.45) is 0 Å². The maximum Gasteiger partial charge on any atom is 0.158 e. The van der Waals surface area contributed by atoms with E-state index in [-0.39, 0.29) is 0 Å². The molecule has 2 aromatic heterocycles. The van der Waals surface area contributed by atoms with Crippen LogP contribution in [0.1, 0.15) is 18.3 Å². The van der Waals surface area contributed by atoms with Crippen molar-refractivity contribution in [3.63, 3.8) is 0 Å². The van der Waals surface area contributed by atoms with E-state index in [2.05, 4.69) is 26.8 Å². The van der Waals surface area contributed by atoms with Crippen LogP contribution in [0.3, 0.4) is 0 Å². The molecule has 0 spiro atoms. The van der Waals surface area contributed by atoms with Crippen molar-refractivity contribution >= 4 is 17.4 Å². The SMILES string of the molecule is CCN(Cc1ccncc1)c1cc(Cl)nc(COC)n1. The van der Waals surface area contributed by atoms with Gasteiger partial charge in [-0.05, 0) is 24.6 Å². The van der Waals surface area contributed by atoms with Gasteiger partial charge in [0.25, 0.3) is 0 Å². The highest BCUT2D eigenvalue weighted by Gasteiger charge is 2.10. The van der Waals surface area contributed by atoms with Gasteiger partial charge in [-0.15, -0.1) is 0 Å². The number of halogens is 1. The highest BCUT2D eigenvalue weighted by Crippen LogP contribution is 2.18. The van der Waals surface area contributed by atoms with Gasteiger partial charge in [0.05, 0.1) is 0 Å². The van der Waals surface area contributed by atoms with Crippen LogP contribution in [-0.2, 0) is 17.9 Å². The zero-order valence-corrected chi connectivity index (χ0v) is 12.3. The lowest BCUT2D eigenvalue weighted by atomic mass is 10.2. The van der Waals surface area contributed by atoms with E-state index in [1.165, 1.54) is 5.56 Å². The fraction of sp³-hybridized carbons (Fsp3) is 0.357. The van der Waals surface area contributed by atoms with Gasteiger partial charge < -0.3 is 9.64 Å². The van der Waals surface area contributed by atoms with Gasteiger partial charge in [-0.25, -0.2) is 9.97 Å². The van der Waals surface area contributed by atoms with E-state index in [0.717, 1.165) is 18.9 Å². The lowest BCUT2D eigenvalue weighted by molar-refractivity contribution is 0.178. The number of pyridine rings is 1. The average molecular weight is 293 g/mol. The summed E-state index contributed by atoms with van der Waals surface area (Å²) in [5, 5.41) is 0.426. The van der Waals surface area contributed by atoms with Gasteiger partial charge in [0.1, 0.15) is 17.6 Å². The maximum absolute atomic E-state index is 6.05. The molecule has 0 aliphatic rings. The second-order valence-corrected chi connectivity index (χ2v) is 4.65. The molecule has 0 aliphatic carbocycles. The first-order valence-electron chi connectivity index (χ1n) is 6.39. The Kier molecular flexibility index (Phi) is 5.26. The van der Waals surface area contributed by atoms with E-state index in [0.29, 0.717) is 17.6 Å². The van der Waals surface area contributed by atoms with E-state index in [1.807, 2.05) is 12.1 Å². The largest absolute Gasteiger partial charge is 0.377 e. The molecule has 0 aromatic carbocycles. The topological polar surface area (TPSA) is 51.1 Å². The zero-order valence-electron chi connectivity index (χ0n) is 11.6. The average Bonchev–Trinajstić information content (AvgIpc) is 2.45. The Morgan fingerprint density at radius 2 is 2.00 bits per heavy atom. The minimum Gasteiger partial charge on any atom is -0.377 e. The normalized spacial score (nSPS) is 10.6. The first kappa shape index (κ1) is 14.7. The molecule has 0 amide bonds. The zero-order chi connectivity index (χ0) is 14.4. The lowest BCUT2D eigenvalue weighted by Crippen LogP contribution is -2.23. The van der Waals surface area contributed by atoms with Crippen molar-refractivity contribution in [2.45, 2.75) is 20.1 Å². The van der Waals surface area contributed by atoms with Crippen molar-refractivity contribution in [2.75, 3.05) is 18.6 Å². The van der Waals surface area contributed by atoms with Crippen LogP contribution in [-0.4, -0.2) is 28.6 Å². The van der Waals surface area contributed by atoms with Crippen LogP contribution in [0.25, 0.3) is 0 Å². The summed E-state index contributed by atoms with van der Waals surface area (Å²) in [5.74, 6) is 1.39. The molecule has 20 heavy (non-hydrogen) atoms. The van der Waals surface area contributed by atoms with Gasteiger partial charge in [-0.3, -0.25) is 4.98 Å². The van der Waals surface area contributed by atoms with Gasteiger partial charge in [0.2, 0.25) is 0 Å². The molecular weight excluding hydrogens is 276 g/mol. The minimum absolute atomic E-state index is 0.348. The van der Waals surface area contributed by atoms with E-state index in [9.17, 15) is 0 Å². The number of methoxy groups -OCH3 is 1. The lowest BCUT2D eigenvalue weighted by Gasteiger charge is -2.22. The summed E-state index contributed by atoms with van der Waals surface area (Å²) in [7, 11) is 1.61. The highest BCUT2D eigenvalue weighted by molar-refractivity contribution is 6.29. The predicted molar refractivity (Wildman–Crippen MR) is 78.7 cm³/mol. The first-order valence-corrected chi connectivity index (χ1v) is 6.77. The van der Waals surface area contributed by atoms with Crippen molar-refractivity contribution in [1.29, 1.82) is 0 Å². The molecule has 0 atom stereocenters. The van der Waals surface area contributed by atoms with E-state index in [4.69, 9.17) is 16.3 Å². The summed E-state index contributed by atoms with van der Waals surface area (Å²) in [6, 6.07) is 5.74. The Morgan fingerprint density at radius 3 is 2.65 bits per heavy atom. The van der Waals surface area contributed by atoms with Crippen LogP contribution < -0.4 is 4.90 Å². The monoisotopic (exact) mass is 292 g/mol. The fourth-order valence-corrected chi connectivity index (χ4v) is 2.07. The van der Waals surface area contributed by atoms with Gasteiger partial charge in [0, 0.05) is 38.7 Å². The molecule has 106 valence electrons. The Balaban J connectivity index is 2.22. The molecule has 0 unspecified atom stereocenters. The third-order valence-corrected chi connectivity index (χ3v) is 3.02. The Labute approximate surface area is 123 Å². The Morgan fingerprint density at radius 1 is 1.25 bits per heavy atom. The predicted octanol–water partition coefficient (Wildman–Crippen LogP) is 2.70. The molecule has 0 aliphatic heterocycles. The number of anilines is 1. The summed E-state index contributed by atoms with van der Waals surface area (Å²) < 4.78 is 5.06. The van der Waals surface area contributed by atoms with Crippen LogP contribution in [0.4, 0.5) is 5.82 Å². The van der Waals surface area contributed by atoms with Crippen molar-refractivity contribution in [3.05, 3.63) is 47.1 Å². The van der Waals surface area contributed by atoms with Gasteiger partial charge in [-0.2, -0.15) is 0 Å². The molecular formula is C14H17ClN4O. The van der Waals surface area contributed by atoms with Crippen LogP contribution in [0.15, 0.2) is 30.6 Å². The molecule has 0 N–H and O–H groups in total. The number of hydrogen-bond donors (Lipinski definition) is 0.